The number of methoxy groups -OCH3 is 1. The number of esters is 1. The Balaban J connectivity index is 1.63. The first-order valence-corrected chi connectivity index (χ1v) is 11.1. The van der Waals surface area contributed by atoms with Crippen LogP contribution in [0.4, 0.5) is 4.79 Å². The molecule has 3 aromatic rings. The number of hydrogen-bond acceptors (Lipinski definition) is 6. The smallest absolute Gasteiger partial charge is 0.338 e. The van der Waals surface area contributed by atoms with E-state index >= 15 is 0 Å². The molecule has 0 radical (unpaired) electrons. The van der Waals surface area contributed by atoms with Gasteiger partial charge in [0.1, 0.15) is 12.4 Å². The fourth-order valence-corrected chi connectivity index (χ4v) is 3.92. The van der Waals surface area contributed by atoms with E-state index in [2.05, 4.69) is 21.7 Å². The van der Waals surface area contributed by atoms with Gasteiger partial charge in [-0.25, -0.2) is 9.59 Å². The van der Waals surface area contributed by atoms with Crippen LogP contribution in [0, 0.1) is 11.3 Å². The second-order valence-electron chi connectivity index (χ2n) is 7.94. The fraction of sp³-hybridized carbons (Fsp3) is 0.185. The van der Waals surface area contributed by atoms with E-state index in [1.807, 2.05) is 24.3 Å². The van der Waals surface area contributed by atoms with Crippen LogP contribution in [0.15, 0.2) is 84.3 Å². The summed E-state index contributed by atoms with van der Waals surface area (Å²) in [7, 11) is 1.61. The molecule has 2 aromatic carbocycles. The molecule has 1 atom stereocenters. The summed E-state index contributed by atoms with van der Waals surface area (Å²) in [4.78, 5) is 29.9. The van der Waals surface area contributed by atoms with Crippen LogP contribution < -0.4 is 15.4 Å². The van der Waals surface area contributed by atoms with Gasteiger partial charge in [-0.15, -0.1) is 0 Å². The number of hydrogen-bond donors (Lipinski definition) is 2. The number of benzene rings is 2. The number of carbonyl (C=O) groups excluding carboxylic acids is 2. The summed E-state index contributed by atoms with van der Waals surface area (Å²) in [5.74, 6) is 0.182. The number of rotatable bonds is 8. The second kappa shape index (κ2) is 11.0. The Labute approximate surface area is 203 Å². The Kier molecular flexibility index (Phi) is 7.38. The van der Waals surface area contributed by atoms with E-state index in [1.165, 1.54) is 0 Å². The molecular weight excluding hydrogens is 444 g/mol. The van der Waals surface area contributed by atoms with Crippen LogP contribution in [-0.2, 0) is 22.6 Å². The van der Waals surface area contributed by atoms with Gasteiger partial charge in [-0.1, -0.05) is 24.3 Å². The topological polar surface area (TPSA) is 113 Å². The highest BCUT2D eigenvalue weighted by molar-refractivity contribution is 5.95. The number of carbonyl (C=O) groups is 2. The molecule has 0 saturated heterocycles. The number of amides is 2. The number of nitrogens with one attached hydrogen (secondary N) is 2. The summed E-state index contributed by atoms with van der Waals surface area (Å²) in [6.45, 7) is -0.00196. The molecule has 0 bridgehead atoms. The maximum absolute atomic E-state index is 13.4. The van der Waals surface area contributed by atoms with Gasteiger partial charge in [-0.2, -0.15) is 5.26 Å². The van der Waals surface area contributed by atoms with Crippen molar-refractivity contribution in [3.8, 4) is 11.8 Å². The van der Waals surface area contributed by atoms with Gasteiger partial charge < -0.3 is 20.1 Å². The molecule has 4 rings (SSSR count). The highest BCUT2D eigenvalue weighted by Gasteiger charge is 2.33. The third-order valence-electron chi connectivity index (χ3n) is 5.64. The van der Waals surface area contributed by atoms with Crippen molar-refractivity contribution in [3.63, 3.8) is 0 Å². The molecule has 8 nitrogen and oxygen atoms in total. The molecule has 1 aliphatic heterocycles. The molecule has 1 unspecified atom stereocenters. The first kappa shape index (κ1) is 23.5. The third-order valence-corrected chi connectivity index (χ3v) is 5.64. The van der Waals surface area contributed by atoms with Gasteiger partial charge in [-0.05, 0) is 65.9 Å². The lowest BCUT2D eigenvalue weighted by atomic mass is 9.93. The molecule has 1 aliphatic rings. The molecule has 35 heavy (non-hydrogen) atoms. The van der Waals surface area contributed by atoms with Gasteiger partial charge in [-0.3, -0.25) is 4.98 Å². The Hall–Kier alpha value is -4.64. The molecule has 176 valence electrons. The van der Waals surface area contributed by atoms with E-state index < -0.39 is 18.0 Å². The van der Waals surface area contributed by atoms with Gasteiger partial charge >= 0.3 is 12.0 Å². The first-order valence-electron chi connectivity index (χ1n) is 11.1. The normalized spacial score (nSPS) is 15.0. The SMILES string of the molecule is COc1cccc(CCC2=C(C(=O)OCc3cccc(C#N)c3)C(c3ccncc3)NC(=O)N2)c1. The molecule has 2 amide bonds. The minimum absolute atomic E-state index is 0.00196. The van der Waals surface area contributed by atoms with Crippen LogP contribution in [0.25, 0.3) is 0 Å². The van der Waals surface area contributed by atoms with E-state index in [4.69, 9.17) is 14.7 Å². The van der Waals surface area contributed by atoms with Crippen LogP contribution >= 0.6 is 0 Å². The van der Waals surface area contributed by atoms with Crippen molar-refractivity contribution in [2.45, 2.75) is 25.5 Å². The third kappa shape index (κ3) is 5.84. The summed E-state index contributed by atoms with van der Waals surface area (Å²) in [6.07, 6.45) is 4.21. The van der Waals surface area contributed by atoms with Gasteiger partial charge in [0.15, 0.2) is 0 Å². The number of urea groups is 1. The lowest BCUT2D eigenvalue weighted by Crippen LogP contribution is -2.46. The average molecular weight is 469 g/mol. The van der Waals surface area contributed by atoms with Crippen molar-refractivity contribution in [3.05, 3.63) is 107 Å². The number of aryl methyl sites for hydroxylation is 1. The Bertz CT molecular complexity index is 1300. The zero-order valence-electron chi connectivity index (χ0n) is 19.2. The van der Waals surface area contributed by atoms with Gasteiger partial charge in [0.25, 0.3) is 0 Å². The zero-order chi connectivity index (χ0) is 24.6. The molecule has 0 spiro atoms. The molecule has 2 N–H and O–H groups in total. The number of allylic oxidation sites excluding steroid dienone is 1. The molecule has 1 aromatic heterocycles. The van der Waals surface area contributed by atoms with Crippen LogP contribution in [0.1, 0.15) is 34.7 Å². The second-order valence-corrected chi connectivity index (χ2v) is 7.94. The number of nitrogens with zero attached hydrogens (tertiary/aromatic N) is 2. The van der Waals surface area contributed by atoms with Gasteiger partial charge in [0.05, 0.1) is 30.4 Å². The van der Waals surface area contributed by atoms with Crippen LogP contribution in [0.5, 0.6) is 5.75 Å². The van der Waals surface area contributed by atoms with Crippen LogP contribution in [-0.4, -0.2) is 24.1 Å². The van der Waals surface area contributed by atoms with Gasteiger partial charge in [0, 0.05) is 18.1 Å². The monoisotopic (exact) mass is 468 g/mol. The van der Waals surface area contributed by atoms with E-state index in [9.17, 15) is 9.59 Å². The first-order chi connectivity index (χ1) is 17.1. The van der Waals surface area contributed by atoms with E-state index in [1.54, 1.807) is 55.9 Å². The van der Waals surface area contributed by atoms with E-state index in [0.717, 1.165) is 11.3 Å². The predicted octanol–water partition coefficient (Wildman–Crippen LogP) is 3.95. The maximum Gasteiger partial charge on any atom is 0.338 e. The Morgan fingerprint density at radius 1 is 1.06 bits per heavy atom. The summed E-state index contributed by atoms with van der Waals surface area (Å²) in [5, 5.41) is 14.8. The number of aromatic nitrogens is 1. The number of nitriles is 1. The summed E-state index contributed by atoms with van der Waals surface area (Å²) in [5.41, 5.74) is 3.73. The molecule has 8 heteroatoms. The predicted molar refractivity (Wildman–Crippen MR) is 128 cm³/mol. The van der Waals surface area contributed by atoms with Crippen molar-refractivity contribution in [2.75, 3.05) is 7.11 Å². The minimum Gasteiger partial charge on any atom is -0.497 e. The summed E-state index contributed by atoms with van der Waals surface area (Å²) in [6, 6.07) is 19.0. The molecule has 0 saturated carbocycles. The standard InChI is InChI=1S/C27H24N4O4/c1-34-22-7-3-4-18(15-22)8-9-23-24(25(31-27(33)30-23)21-10-12-29-13-11-21)26(32)35-17-20-6-2-5-19(14-20)16-28/h2-7,10-15,25H,8-9,17H2,1H3,(H2,30,31,33). The zero-order valence-corrected chi connectivity index (χ0v) is 19.2. The lowest BCUT2D eigenvalue weighted by molar-refractivity contribution is -0.140. The molecule has 2 heterocycles. The van der Waals surface area contributed by atoms with Crippen LogP contribution in [0.3, 0.4) is 0 Å². The molecule has 0 fully saturated rings. The molecular formula is C27H24N4O4. The maximum atomic E-state index is 13.4. The van der Waals surface area contributed by atoms with Crippen molar-refractivity contribution in [1.29, 1.82) is 5.26 Å². The quantitative estimate of drug-likeness (QED) is 0.484. The number of ether oxygens (including phenoxy) is 2. The minimum atomic E-state index is -0.690. The summed E-state index contributed by atoms with van der Waals surface area (Å²) >= 11 is 0. The Morgan fingerprint density at radius 2 is 1.83 bits per heavy atom. The lowest BCUT2D eigenvalue weighted by Gasteiger charge is -2.29. The van der Waals surface area contributed by atoms with Crippen molar-refractivity contribution in [2.24, 2.45) is 0 Å². The highest BCUT2D eigenvalue weighted by Crippen LogP contribution is 2.30. The van der Waals surface area contributed by atoms with Crippen LogP contribution in [0.2, 0.25) is 0 Å². The van der Waals surface area contributed by atoms with E-state index in [-0.39, 0.29) is 6.61 Å². The fourth-order valence-electron chi connectivity index (χ4n) is 3.92. The highest BCUT2D eigenvalue weighted by atomic mass is 16.5. The average Bonchev–Trinajstić information content (AvgIpc) is 2.91. The Morgan fingerprint density at radius 3 is 2.60 bits per heavy atom. The van der Waals surface area contributed by atoms with Crippen molar-refractivity contribution >= 4 is 12.0 Å². The number of pyridine rings is 1. The van der Waals surface area contributed by atoms with Crippen molar-refractivity contribution in [1.82, 2.24) is 15.6 Å². The van der Waals surface area contributed by atoms with Crippen molar-refractivity contribution < 1.29 is 19.1 Å². The van der Waals surface area contributed by atoms with E-state index in [0.29, 0.717) is 40.8 Å². The van der Waals surface area contributed by atoms with Gasteiger partial charge in [0.2, 0.25) is 0 Å². The summed E-state index contributed by atoms with van der Waals surface area (Å²) < 4.78 is 10.9. The largest absolute Gasteiger partial charge is 0.497 e. The molecule has 0 aliphatic carbocycles.